The zero-order valence-corrected chi connectivity index (χ0v) is 20.2. The molecule has 4 rings (SSSR count). The summed E-state index contributed by atoms with van der Waals surface area (Å²) in [6, 6.07) is 13.6. The van der Waals surface area contributed by atoms with Crippen molar-refractivity contribution in [3.05, 3.63) is 59.8 Å². The van der Waals surface area contributed by atoms with E-state index in [2.05, 4.69) is 15.7 Å². The average Bonchev–Trinajstić information content (AvgIpc) is 3.48. The summed E-state index contributed by atoms with van der Waals surface area (Å²) in [5, 5.41) is 10.5. The van der Waals surface area contributed by atoms with Gasteiger partial charge in [0.1, 0.15) is 5.75 Å². The lowest BCUT2D eigenvalue weighted by Crippen LogP contribution is -2.47. The van der Waals surface area contributed by atoms with Crippen LogP contribution in [0.4, 0.5) is 16.2 Å². The molecule has 2 aromatic carbocycles. The van der Waals surface area contributed by atoms with Crippen LogP contribution >= 0.6 is 11.6 Å². The molecule has 34 heavy (non-hydrogen) atoms. The van der Waals surface area contributed by atoms with Crippen LogP contribution in [0, 0.1) is 0 Å². The van der Waals surface area contributed by atoms with Gasteiger partial charge in [-0.15, -0.1) is 0 Å². The molecule has 0 spiro atoms. The molecule has 2 heterocycles. The normalized spacial score (nSPS) is 13.6. The van der Waals surface area contributed by atoms with Gasteiger partial charge in [-0.05, 0) is 75.2 Å². The topological polar surface area (TPSA) is 88.5 Å². The molecule has 9 heteroatoms. The minimum atomic E-state index is -1.04. The molecule has 0 unspecified atom stereocenters. The van der Waals surface area contributed by atoms with Gasteiger partial charge in [0, 0.05) is 48.3 Å². The Balaban J connectivity index is 1.57. The second-order valence-corrected chi connectivity index (χ2v) is 9.19. The van der Waals surface area contributed by atoms with Gasteiger partial charge in [0.25, 0.3) is 5.91 Å². The second kappa shape index (κ2) is 9.77. The minimum Gasteiger partial charge on any atom is -0.477 e. The first kappa shape index (κ1) is 23.6. The summed E-state index contributed by atoms with van der Waals surface area (Å²) in [6.07, 6.45) is 3.72. The van der Waals surface area contributed by atoms with Gasteiger partial charge >= 0.3 is 6.03 Å². The van der Waals surface area contributed by atoms with Crippen LogP contribution in [-0.2, 0) is 11.8 Å². The molecule has 3 aromatic rings. The molecule has 1 saturated heterocycles. The highest BCUT2D eigenvalue weighted by atomic mass is 35.5. The third-order valence-corrected chi connectivity index (χ3v) is 5.96. The monoisotopic (exact) mass is 481 g/mol. The zero-order valence-electron chi connectivity index (χ0n) is 19.5. The van der Waals surface area contributed by atoms with Gasteiger partial charge in [-0.1, -0.05) is 11.6 Å². The maximum Gasteiger partial charge on any atom is 0.323 e. The van der Waals surface area contributed by atoms with Gasteiger partial charge in [-0.25, -0.2) is 4.79 Å². The molecular weight excluding hydrogens is 454 g/mol. The summed E-state index contributed by atoms with van der Waals surface area (Å²) >= 11 is 5.90. The van der Waals surface area contributed by atoms with Crippen molar-refractivity contribution < 1.29 is 14.3 Å². The van der Waals surface area contributed by atoms with Gasteiger partial charge in [0.05, 0.1) is 5.69 Å². The number of anilines is 2. The summed E-state index contributed by atoms with van der Waals surface area (Å²) in [5.41, 5.74) is 1.65. The highest BCUT2D eigenvalue weighted by molar-refractivity contribution is 6.30. The van der Waals surface area contributed by atoms with Gasteiger partial charge in [0.2, 0.25) is 0 Å². The fourth-order valence-corrected chi connectivity index (χ4v) is 4.11. The predicted molar refractivity (Wildman–Crippen MR) is 133 cm³/mol. The van der Waals surface area contributed by atoms with Crippen molar-refractivity contribution in [1.82, 2.24) is 14.7 Å². The van der Waals surface area contributed by atoms with E-state index in [4.69, 9.17) is 16.3 Å². The van der Waals surface area contributed by atoms with Crippen LogP contribution in [0.5, 0.6) is 5.75 Å². The fraction of sp³-hybridized carbons (Fsp3) is 0.320. The lowest BCUT2D eigenvalue weighted by atomic mass is 10.1. The van der Waals surface area contributed by atoms with E-state index in [1.54, 1.807) is 61.1 Å². The van der Waals surface area contributed by atoms with Crippen LogP contribution in [-0.4, -0.2) is 45.3 Å². The first-order valence-corrected chi connectivity index (χ1v) is 11.5. The highest BCUT2D eigenvalue weighted by Gasteiger charge is 2.36. The number of hydrogen-bond donors (Lipinski definition) is 2. The highest BCUT2D eigenvalue weighted by Crippen LogP contribution is 2.35. The van der Waals surface area contributed by atoms with Crippen molar-refractivity contribution >= 4 is 34.9 Å². The van der Waals surface area contributed by atoms with Crippen molar-refractivity contribution in [2.45, 2.75) is 32.3 Å². The smallest absolute Gasteiger partial charge is 0.323 e. The number of ether oxygens (including phenoxy) is 1. The third kappa shape index (κ3) is 5.34. The first-order valence-electron chi connectivity index (χ1n) is 11.2. The standard InChI is InChI=1S/C25H28ClN5O3/c1-25(2,23(32)31-14-4-5-15-31)34-22-11-10-19(16-20(22)21-12-13-27-30(21)3)29-24(33)28-18-8-6-17(26)7-9-18/h6-13,16H,4-5,14-15H2,1-3H3,(H2,28,29,33). The molecular formula is C25H28ClN5O3. The molecule has 2 N–H and O–H groups in total. The Bertz CT molecular complexity index is 1180. The lowest BCUT2D eigenvalue weighted by molar-refractivity contribution is -0.144. The van der Waals surface area contributed by atoms with E-state index in [9.17, 15) is 9.59 Å². The van der Waals surface area contributed by atoms with Crippen LogP contribution in [0.25, 0.3) is 11.3 Å². The summed E-state index contributed by atoms with van der Waals surface area (Å²) in [4.78, 5) is 27.4. The SMILES string of the molecule is Cn1nccc1-c1cc(NC(=O)Nc2ccc(Cl)cc2)ccc1OC(C)(C)C(=O)N1CCCC1. The molecule has 0 aliphatic carbocycles. The van der Waals surface area contributed by atoms with E-state index in [0.717, 1.165) is 31.6 Å². The third-order valence-electron chi connectivity index (χ3n) is 5.71. The van der Waals surface area contributed by atoms with Crippen LogP contribution in [0.3, 0.4) is 0 Å². The van der Waals surface area contributed by atoms with E-state index in [-0.39, 0.29) is 5.91 Å². The predicted octanol–water partition coefficient (Wildman–Crippen LogP) is 5.16. The van der Waals surface area contributed by atoms with Gasteiger partial charge in [0.15, 0.2) is 5.60 Å². The molecule has 0 atom stereocenters. The number of halogens is 1. The molecule has 1 aliphatic heterocycles. The Morgan fingerprint density at radius 3 is 2.29 bits per heavy atom. The first-order chi connectivity index (χ1) is 16.2. The van der Waals surface area contributed by atoms with E-state index in [0.29, 0.717) is 27.7 Å². The Hall–Kier alpha value is -3.52. The van der Waals surface area contributed by atoms with E-state index >= 15 is 0 Å². The Kier molecular flexibility index (Phi) is 6.79. The van der Waals surface area contributed by atoms with Crippen LogP contribution in [0.2, 0.25) is 5.02 Å². The molecule has 1 fully saturated rings. The number of likely N-dealkylation sites (tertiary alicyclic amines) is 1. The summed E-state index contributed by atoms with van der Waals surface area (Å²) in [6.45, 7) is 5.08. The van der Waals surface area contributed by atoms with Crippen molar-refractivity contribution in [2.75, 3.05) is 23.7 Å². The number of amides is 3. The summed E-state index contributed by atoms with van der Waals surface area (Å²) in [5.74, 6) is 0.496. The van der Waals surface area contributed by atoms with Gasteiger partial charge in [-0.2, -0.15) is 5.10 Å². The number of hydrogen-bond acceptors (Lipinski definition) is 4. The fourth-order valence-electron chi connectivity index (χ4n) is 3.98. The Morgan fingerprint density at radius 2 is 1.65 bits per heavy atom. The van der Waals surface area contributed by atoms with Gasteiger partial charge < -0.3 is 20.3 Å². The number of rotatable bonds is 6. The minimum absolute atomic E-state index is 0.0366. The van der Waals surface area contributed by atoms with Crippen molar-refractivity contribution in [3.63, 3.8) is 0 Å². The average molecular weight is 482 g/mol. The van der Waals surface area contributed by atoms with E-state index in [1.807, 2.05) is 24.1 Å². The Morgan fingerprint density at radius 1 is 1.00 bits per heavy atom. The molecule has 178 valence electrons. The largest absolute Gasteiger partial charge is 0.477 e. The van der Waals surface area contributed by atoms with Crippen molar-refractivity contribution in [2.24, 2.45) is 7.05 Å². The second-order valence-electron chi connectivity index (χ2n) is 8.75. The quantitative estimate of drug-likeness (QED) is 0.508. The summed E-state index contributed by atoms with van der Waals surface area (Å²) < 4.78 is 8.00. The number of aryl methyl sites for hydroxylation is 1. The van der Waals surface area contributed by atoms with E-state index < -0.39 is 11.6 Å². The number of benzene rings is 2. The number of carbonyl (C=O) groups is 2. The van der Waals surface area contributed by atoms with E-state index in [1.165, 1.54) is 0 Å². The molecule has 1 aromatic heterocycles. The van der Waals surface area contributed by atoms with Crippen molar-refractivity contribution in [3.8, 4) is 17.0 Å². The van der Waals surface area contributed by atoms with Crippen LogP contribution in [0.1, 0.15) is 26.7 Å². The number of aromatic nitrogens is 2. The molecule has 0 radical (unpaired) electrons. The van der Waals surface area contributed by atoms with Crippen LogP contribution in [0.15, 0.2) is 54.7 Å². The van der Waals surface area contributed by atoms with Crippen molar-refractivity contribution in [1.29, 1.82) is 0 Å². The Labute approximate surface area is 203 Å². The maximum atomic E-state index is 13.1. The van der Waals surface area contributed by atoms with Gasteiger partial charge in [-0.3, -0.25) is 9.48 Å². The molecule has 0 bridgehead atoms. The number of carbonyl (C=O) groups excluding carboxylic acids is 2. The number of nitrogens with one attached hydrogen (secondary N) is 2. The molecule has 0 saturated carbocycles. The number of nitrogens with zero attached hydrogens (tertiary/aromatic N) is 3. The maximum absolute atomic E-state index is 13.1. The molecule has 8 nitrogen and oxygen atoms in total. The lowest BCUT2D eigenvalue weighted by Gasteiger charge is -2.30. The zero-order chi connectivity index (χ0) is 24.3. The van der Waals surface area contributed by atoms with Crippen LogP contribution < -0.4 is 15.4 Å². The number of urea groups is 1. The summed E-state index contributed by atoms with van der Waals surface area (Å²) in [7, 11) is 1.83. The molecule has 3 amide bonds. The molecule has 1 aliphatic rings.